The lowest BCUT2D eigenvalue weighted by molar-refractivity contribution is -0.137. The summed E-state index contributed by atoms with van der Waals surface area (Å²) >= 11 is 0. The van der Waals surface area contributed by atoms with Crippen LogP contribution in [0, 0.1) is 0 Å². The summed E-state index contributed by atoms with van der Waals surface area (Å²) in [6, 6.07) is 4.64. The number of nitrogens with zero attached hydrogens (tertiary/aromatic N) is 1. The van der Waals surface area contributed by atoms with Gasteiger partial charge in [0.2, 0.25) is 0 Å². The Labute approximate surface area is 109 Å². The van der Waals surface area contributed by atoms with E-state index in [2.05, 4.69) is 0 Å². The molecule has 0 spiro atoms. The minimum absolute atomic E-state index is 0.163. The topological polar surface area (TPSA) is 83.9 Å². The number of hydrogen-bond donors (Lipinski definition) is 1. The van der Waals surface area contributed by atoms with Crippen LogP contribution in [-0.4, -0.2) is 35.4 Å². The molecule has 1 aromatic rings. The Morgan fingerprint density at radius 1 is 1.42 bits per heavy atom. The molecular weight excluding hydrogens is 250 g/mol. The minimum Gasteiger partial charge on any atom is -0.480 e. The maximum Gasteiger partial charge on any atom is 0.323 e. The highest BCUT2D eigenvalue weighted by Gasteiger charge is 2.33. The van der Waals surface area contributed by atoms with E-state index in [9.17, 15) is 14.4 Å². The summed E-state index contributed by atoms with van der Waals surface area (Å²) in [5.41, 5.74) is 0.721. The maximum absolute atomic E-state index is 12.0. The van der Waals surface area contributed by atoms with Crippen molar-refractivity contribution in [3.05, 3.63) is 23.8 Å². The van der Waals surface area contributed by atoms with E-state index in [-0.39, 0.29) is 5.78 Å². The summed E-state index contributed by atoms with van der Waals surface area (Å²) in [7, 11) is 0. The Balaban J connectivity index is 2.50. The smallest absolute Gasteiger partial charge is 0.323 e. The van der Waals surface area contributed by atoms with Gasteiger partial charge in [-0.1, -0.05) is 0 Å². The van der Waals surface area contributed by atoms with Crippen molar-refractivity contribution in [2.24, 2.45) is 0 Å². The second kappa shape index (κ2) is 4.72. The molecule has 1 N–H and O–H groups in total. The van der Waals surface area contributed by atoms with Crippen LogP contribution in [0.2, 0.25) is 0 Å². The summed E-state index contributed by atoms with van der Waals surface area (Å²) in [6.07, 6.45) is -0.741. The third-order valence-corrected chi connectivity index (χ3v) is 2.87. The molecule has 0 saturated heterocycles. The Morgan fingerprint density at radius 2 is 2.11 bits per heavy atom. The van der Waals surface area contributed by atoms with Gasteiger partial charge in [0.1, 0.15) is 12.3 Å². The van der Waals surface area contributed by atoms with Crippen LogP contribution in [0.5, 0.6) is 5.75 Å². The summed E-state index contributed by atoms with van der Waals surface area (Å²) in [5, 5.41) is 8.87. The molecule has 0 saturated carbocycles. The molecular formula is C13H13NO5. The predicted octanol–water partition coefficient (Wildman–Crippen LogP) is 1.09. The SMILES string of the molecule is CC(=O)c1ccc2c(c1)N(CC(=O)O)C(=O)[C@H](C)O2. The molecule has 0 fully saturated rings. The van der Waals surface area contributed by atoms with Gasteiger partial charge in [-0.2, -0.15) is 0 Å². The fourth-order valence-corrected chi connectivity index (χ4v) is 1.92. The highest BCUT2D eigenvalue weighted by atomic mass is 16.5. The number of hydrogen-bond acceptors (Lipinski definition) is 4. The first-order valence-corrected chi connectivity index (χ1v) is 5.75. The maximum atomic E-state index is 12.0. The molecule has 1 heterocycles. The van der Waals surface area contributed by atoms with Gasteiger partial charge in [-0.3, -0.25) is 19.3 Å². The van der Waals surface area contributed by atoms with Crippen molar-refractivity contribution >= 4 is 23.3 Å². The lowest BCUT2D eigenvalue weighted by Crippen LogP contribution is -2.46. The van der Waals surface area contributed by atoms with Crippen LogP contribution in [0.3, 0.4) is 0 Å². The average molecular weight is 263 g/mol. The van der Waals surface area contributed by atoms with E-state index in [0.29, 0.717) is 17.0 Å². The van der Waals surface area contributed by atoms with Crippen LogP contribution < -0.4 is 9.64 Å². The third-order valence-electron chi connectivity index (χ3n) is 2.87. The van der Waals surface area contributed by atoms with E-state index in [4.69, 9.17) is 9.84 Å². The molecule has 100 valence electrons. The zero-order valence-electron chi connectivity index (χ0n) is 10.5. The fraction of sp³-hybridized carbons (Fsp3) is 0.308. The average Bonchev–Trinajstić information content (AvgIpc) is 2.34. The van der Waals surface area contributed by atoms with Gasteiger partial charge in [0.25, 0.3) is 5.91 Å². The number of ketones is 1. The lowest BCUT2D eigenvalue weighted by atomic mass is 10.1. The molecule has 0 aromatic heterocycles. The fourth-order valence-electron chi connectivity index (χ4n) is 1.92. The van der Waals surface area contributed by atoms with Crippen LogP contribution in [-0.2, 0) is 9.59 Å². The van der Waals surface area contributed by atoms with Gasteiger partial charge < -0.3 is 9.84 Å². The molecule has 1 aliphatic rings. The van der Waals surface area contributed by atoms with Gasteiger partial charge in [-0.15, -0.1) is 0 Å². The molecule has 0 bridgehead atoms. The first kappa shape index (κ1) is 13.1. The van der Waals surface area contributed by atoms with Gasteiger partial charge in [0.15, 0.2) is 11.9 Å². The molecule has 1 aliphatic heterocycles. The van der Waals surface area contributed by atoms with E-state index in [1.165, 1.54) is 13.0 Å². The number of ether oxygens (including phenoxy) is 1. The first-order valence-electron chi connectivity index (χ1n) is 5.75. The zero-order chi connectivity index (χ0) is 14.2. The van der Waals surface area contributed by atoms with Gasteiger partial charge >= 0.3 is 5.97 Å². The van der Waals surface area contributed by atoms with Crippen molar-refractivity contribution in [2.75, 3.05) is 11.4 Å². The number of benzene rings is 1. The summed E-state index contributed by atoms with van der Waals surface area (Å²) in [4.78, 5) is 35.3. The second-order valence-electron chi connectivity index (χ2n) is 4.32. The Kier molecular flexibility index (Phi) is 3.25. The van der Waals surface area contributed by atoms with Gasteiger partial charge in [0.05, 0.1) is 5.69 Å². The Hall–Kier alpha value is -2.37. The van der Waals surface area contributed by atoms with E-state index >= 15 is 0 Å². The largest absolute Gasteiger partial charge is 0.480 e. The molecule has 0 radical (unpaired) electrons. The van der Waals surface area contributed by atoms with Crippen molar-refractivity contribution in [2.45, 2.75) is 20.0 Å². The normalized spacial score (nSPS) is 17.7. The number of carboxylic acid groups (broad SMARTS) is 1. The third kappa shape index (κ3) is 2.42. The molecule has 0 aliphatic carbocycles. The number of carboxylic acids is 1. The lowest BCUT2D eigenvalue weighted by Gasteiger charge is -2.32. The number of aliphatic carboxylic acids is 1. The van der Waals surface area contributed by atoms with Crippen LogP contribution >= 0.6 is 0 Å². The quantitative estimate of drug-likeness (QED) is 0.825. The highest BCUT2D eigenvalue weighted by Crippen LogP contribution is 2.34. The number of carbonyl (C=O) groups excluding carboxylic acids is 2. The number of Topliss-reactive ketones (excluding diaryl/α,β-unsaturated/α-hetero) is 1. The molecule has 19 heavy (non-hydrogen) atoms. The molecule has 2 rings (SSSR count). The number of rotatable bonds is 3. The summed E-state index contributed by atoms with van der Waals surface area (Å²) < 4.78 is 5.40. The van der Waals surface area contributed by atoms with Crippen molar-refractivity contribution < 1.29 is 24.2 Å². The number of carbonyl (C=O) groups is 3. The van der Waals surface area contributed by atoms with Crippen molar-refractivity contribution in [3.63, 3.8) is 0 Å². The van der Waals surface area contributed by atoms with E-state index in [1.54, 1.807) is 19.1 Å². The molecule has 6 nitrogen and oxygen atoms in total. The number of amides is 1. The van der Waals surface area contributed by atoms with Crippen LogP contribution in [0.15, 0.2) is 18.2 Å². The van der Waals surface area contributed by atoms with E-state index in [1.807, 2.05) is 0 Å². The monoisotopic (exact) mass is 263 g/mol. The van der Waals surface area contributed by atoms with Gasteiger partial charge in [-0.25, -0.2) is 0 Å². The molecule has 6 heteroatoms. The first-order chi connectivity index (χ1) is 8.90. The van der Waals surface area contributed by atoms with Crippen molar-refractivity contribution in [1.29, 1.82) is 0 Å². The van der Waals surface area contributed by atoms with Crippen LogP contribution in [0.1, 0.15) is 24.2 Å². The van der Waals surface area contributed by atoms with E-state index in [0.717, 1.165) is 4.90 Å². The zero-order valence-corrected chi connectivity index (χ0v) is 10.5. The van der Waals surface area contributed by atoms with Crippen molar-refractivity contribution in [3.8, 4) is 5.75 Å². The predicted molar refractivity (Wildman–Crippen MR) is 66.5 cm³/mol. The molecule has 1 aromatic carbocycles. The molecule has 1 atom stereocenters. The number of fused-ring (bicyclic) bond motifs is 1. The molecule has 1 amide bonds. The number of anilines is 1. The summed E-state index contributed by atoms with van der Waals surface area (Å²) in [5.74, 6) is -1.32. The van der Waals surface area contributed by atoms with E-state index < -0.39 is 24.5 Å². The molecule has 0 unspecified atom stereocenters. The van der Waals surface area contributed by atoms with Gasteiger partial charge in [0, 0.05) is 5.56 Å². The second-order valence-corrected chi connectivity index (χ2v) is 4.32. The Morgan fingerprint density at radius 3 is 2.68 bits per heavy atom. The Bertz CT molecular complexity index is 566. The van der Waals surface area contributed by atoms with Crippen molar-refractivity contribution in [1.82, 2.24) is 0 Å². The van der Waals surface area contributed by atoms with Crippen LogP contribution in [0.25, 0.3) is 0 Å². The standard InChI is InChI=1S/C13H13NO5/c1-7(15)9-3-4-11-10(5-9)14(6-12(16)17)13(18)8(2)19-11/h3-5,8H,6H2,1-2H3,(H,16,17)/t8-/m0/s1. The minimum atomic E-state index is -1.12. The van der Waals surface area contributed by atoms with Gasteiger partial charge in [-0.05, 0) is 32.0 Å². The highest BCUT2D eigenvalue weighted by molar-refractivity contribution is 6.04. The summed E-state index contributed by atoms with van der Waals surface area (Å²) in [6.45, 7) is 2.50. The van der Waals surface area contributed by atoms with Crippen LogP contribution in [0.4, 0.5) is 5.69 Å².